The van der Waals surface area contributed by atoms with E-state index >= 15 is 0 Å². The van der Waals surface area contributed by atoms with Gasteiger partial charge >= 0.3 is 8.25 Å². The third-order valence-electron chi connectivity index (χ3n) is 0.370. The van der Waals surface area contributed by atoms with Crippen molar-refractivity contribution in [3.63, 3.8) is 0 Å². The fraction of sp³-hybridized carbons (Fsp3) is 0.333. The van der Waals surface area contributed by atoms with Crippen molar-refractivity contribution >= 4 is 8.25 Å². The SMILES string of the molecule is O=[PH](O)OC=CCO. The molecule has 0 spiro atoms. The predicted molar refractivity (Wildman–Crippen MR) is 28.5 cm³/mol. The first-order valence-corrected chi connectivity index (χ1v) is 3.19. The first kappa shape index (κ1) is 7.69. The van der Waals surface area contributed by atoms with Gasteiger partial charge in [0.15, 0.2) is 0 Å². The molecule has 0 saturated heterocycles. The zero-order valence-electron chi connectivity index (χ0n) is 4.07. The lowest BCUT2D eigenvalue weighted by atomic mass is 10.7. The van der Waals surface area contributed by atoms with Gasteiger partial charge in [-0.25, -0.2) is 4.57 Å². The third kappa shape index (κ3) is 5.69. The predicted octanol–water partition coefficient (Wildman–Crippen LogP) is -0.109. The molecule has 0 saturated carbocycles. The summed E-state index contributed by atoms with van der Waals surface area (Å²) >= 11 is 0. The van der Waals surface area contributed by atoms with Crippen molar-refractivity contribution in [2.24, 2.45) is 0 Å². The highest BCUT2D eigenvalue weighted by Crippen LogP contribution is 2.13. The normalized spacial score (nSPS) is 14.2. The van der Waals surface area contributed by atoms with Crippen molar-refractivity contribution in [1.82, 2.24) is 0 Å². The Kier molecular flexibility index (Phi) is 4.65. The monoisotopic (exact) mass is 138 g/mol. The highest BCUT2D eigenvalue weighted by atomic mass is 31.1. The Morgan fingerprint density at radius 3 is 2.75 bits per heavy atom. The van der Waals surface area contributed by atoms with Gasteiger partial charge in [0, 0.05) is 0 Å². The average molecular weight is 138 g/mol. The molecule has 0 amide bonds. The topological polar surface area (TPSA) is 66.8 Å². The molecule has 1 atom stereocenters. The molecule has 0 aromatic carbocycles. The molecule has 0 aliphatic rings. The van der Waals surface area contributed by atoms with E-state index in [0.717, 1.165) is 6.26 Å². The van der Waals surface area contributed by atoms with Gasteiger partial charge in [-0.05, 0) is 6.08 Å². The largest absolute Gasteiger partial charge is 0.435 e. The van der Waals surface area contributed by atoms with Crippen LogP contribution in [0.1, 0.15) is 0 Å². The van der Waals surface area contributed by atoms with E-state index < -0.39 is 8.25 Å². The lowest BCUT2D eigenvalue weighted by Gasteiger charge is -1.88. The maximum atomic E-state index is 9.70. The molecule has 8 heavy (non-hydrogen) atoms. The Hall–Kier alpha value is -0.310. The van der Waals surface area contributed by atoms with Crippen molar-refractivity contribution in [2.45, 2.75) is 0 Å². The van der Waals surface area contributed by atoms with Gasteiger partial charge in [0.1, 0.15) is 0 Å². The molecule has 0 aliphatic heterocycles. The summed E-state index contributed by atoms with van der Waals surface area (Å²) in [6, 6.07) is 0. The first-order chi connectivity index (χ1) is 3.77. The standard InChI is InChI=1S/C3H7O4P/c4-2-1-3-7-8(5)6/h1,3-4,8H,2H2,(H,5,6). The van der Waals surface area contributed by atoms with Crippen molar-refractivity contribution in [3.05, 3.63) is 12.3 Å². The molecule has 0 rings (SSSR count). The number of rotatable bonds is 3. The molecule has 2 N–H and O–H groups in total. The molecule has 1 unspecified atom stereocenters. The van der Waals surface area contributed by atoms with Gasteiger partial charge in [0.25, 0.3) is 0 Å². The van der Waals surface area contributed by atoms with Crippen LogP contribution >= 0.6 is 8.25 Å². The van der Waals surface area contributed by atoms with E-state index in [9.17, 15) is 4.57 Å². The van der Waals surface area contributed by atoms with Gasteiger partial charge in [-0.15, -0.1) is 0 Å². The minimum absolute atomic E-state index is 0.185. The van der Waals surface area contributed by atoms with Crippen molar-refractivity contribution in [2.75, 3.05) is 6.61 Å². The van der Waals surface area contributed by atoms with Crippen LogP contribution in [0.5, 0.6) is 0 Å². The van der Waals surface area contributed by atoms with E-state index in [4.69, 9.17) is 10.00 Å². The molecule has 4 nitrogen and oxygen atoms in total. The van der Waals surface area contributed by atoms with Gasteiger partial charge in [0.05, 0.1) is 12.9 Å². The number of aliphatic hydroxyl groups excluding tert-OH is 1. The van der Waals surface area contributed by atoms with Gasteiger partial charge in [-0.1, -0.05) is 0 Å². The molecule has 0 aliphatic carbocycles. The Morgan fingerprint density at radius 2 is 2.38 bits per heavy atom. The second kappa shape index (κ2) is 4.84. The number of hydrogen-bond donors (Lipinski definition) is 2. The van der Waals surface area contributed by atoms with Crippen LogP contribution in [0.15, 0.2) is 12.3 Å². The minimum Gasteiger partial charge on any atom is -0.435 e. The second-order valence-corrected chi connectivity index (χ2v) is 1.71. The molecule has 48 valence electrons. The lowest BCUT2D eigenvalue weighted by molar-refractivity contribution is 0.334. The molecule has 0 bridgehead atoms. The summed E-state index contributed by atoms with van der Waals surface area (Å²) in [5.74, 6) is 0. The summed E-state index contributed by atoms with van der Waals surface area (Å²) in [5, 5.41) is 8.04. The molecule has 5 heteroatoms. The Balaban J connectivity index is 3.16. The molecule has 0 aromatic heterocycles. The van der Waals surface area contributed by atoms with Crippen LogP contribution in [-0.2, 0) is 9.09 Å². The summed E-state index contributed by atoms with van der Waals surface area (Å²) in [5.41, 5.74) is 0. The summed E-state index contributed by atoms with van der Waals surface area (Å²) < 4.78 is 13.7. The second-order valence-electron chi connectivity index (χ2n) is 0.938. The van der Waals surface area contributed by atoms with E-state index in [0.29, 0.717) is 0 Å². The van der Waals surface area contributed by atoms with Crippen LogP contribution in [-0.4, -0.2) is 16.6 Å². The minimum atomic E-state index is -2.86. The maximum absolute atomic E-state index is 9.70. The molecule has 0 fully saturated rings. The Labute approximate surface area is 47.4 Å². The highest BCUT2D eigenvalue weighted by Gasteiger charge is 1.80. The summed E-state index contributed by atoms with van der Waals surface area (Å²) in [6.45, 7) is -0.185. The van der Waals surface area contributed by atoms with E-state index in [1.54, 1.807) is 0 Å². The van der Waals surface area contributed by atoms with E-state index in [-0.39, 0.29) is 6.61 Å². The van der Waals surface area contributed by atoms with Crippen LogP contribution < -0.4 is 0 Å². The summed E-state index contributed by atoms with van der Waals surface area (Å²) in [4.78, 5) is 7.97. The average Bonchev–Trinajstić information content (AvgIpc) is 1.66. The lowest BCUT2D eigenvalue weighted by Crippen LogP contribution is -1.70. The first-order valence-electron chi connectivity index (χ1n) is 1.93. The quantitative estimate of drug-likeness (QED) is 0.421. The smallest absolute Gasteiger partial charge is 0.364 e. The number of hydrogen-bond acceptors (Lipinski definition) is 3. The third-order valence-corrected chi connectivity index (χ3v) is 0.708. The van der Waals surface area contributed by atoms with Crippen LogP contribution in [0.2, 0.25) is 0 Å². The Bertz CT molecular complexity index is 99.5. The van der Waals surface area contributed by atoms with Gasteiger partial charge < -0.3 is 14.5 Å². The van der Waals surface area contributed by atoms with Gasteiger partial charge in [-0.2, -0.15) is 0 Å². The van der Waals surface area contributed by atoms with E-state index in [1.807, 2.05) is 0 Å². The molecular weight excluding hydrogens is 131 g/mol. The van der Waals surface area contributed by atoms with Crippen LogP contribution in [0.25, 0.3) is 0 Å². The van der Waals surface area contributed by atoms with Crippen LogP contribution in [0.3, 0.4) is 0 Å². The highest BCUT2D eigenvalue weighted by molar-refractivity contribution is 7.32. The summed E-state index contributed by atoms with van der Waals surface area (Å²) in [7, 11) is -2.86. The maximum Gasteiger partial charge on any atom is 0.364 e. The van der Waals surface area contributed by atoms with Gasteiger partial charge in [-0.3, -0.25) is 0 Å². The van der Waals surface area contributed by atoms with Gasteiger partial charge in [0.2, 0.25) is 0 Å². The zero-order chi connectivity index (χ0) is 6.41. The zero-order valence-corrected chi connectivity index (χ0v) is 5.07. The fourth-order valence-electron chi connectivity index (χ4n) is 0.149. The molecule has 0 heterocycles. The fourth-order valence-corrected chi connectivity index (χ4v) is 0.362. The Morgan fingerprint density at radius 1 is 1.75 bits per heavy atom. The van der Waals surface area contributed by atoms with Crippen LogP contribution in [0.4, 0.5) is 0 Å². The van der Waals surface area contributed by atoms with Crippen molar-refractivity contribution in [1.29, 1.82) is 0 Å². The van der Waals surface area contributed by atoms with Crippen molar-refractivity contribution in [3.8, 4) is 0 Å². The number of aliphatic hydroxyl groups is 1. The molecule has 0 radical (unpaired) electrons. The van der Waals surface area contributed by atoms with E-state index in [2.05, 4.69) is 4.52 Å². The van der Waals surface area contributed by atoms with E-state index in [1.165, 1.54) is 6.08 Å². The van der Waals surface area contributed by atoms with Crippen molar-refractivity contribution < 1.29 is 19.1 Å². The summed E-state index contributed by atoms with van der Waals surface area (Å²) in [6.07, 6.45) is 2.21. The van der Waals surface area contributed by atoms with Crippen LogP contribution in [0, 0.1) is 0 Å². The molecule has 0 aromatic rings. The molecular formula is C3H7O4P.